The van der Waals surface area contributed by atoms with Gasteiger partial charge in [0.2, 0.25) is 0 Å². The molecule has 0 unspecified atom stereocenters. The topological polar surface area (TPSA) is 107 Å². The number of aryl methyl sites for hydroxylation is 1. The monoisotopic (exact) mass is 337 g/mol. The van der Waals surface area contributed by atoms with Crippen LogP contribution in [0.4, 0.5) is 5.69 Å². The number of rotatable bonds is 4. The maximum atomic E-state index is 12.7. The molecule has 1 heterocycles. The molecule has 3 rings (SSSR count). The second kappa shape index (κ2) is 6.48. The molecule has 0 aliphatic heterocycles. The molecular weight excluding hydrogens is 322 g/mol. The fourth-order valence-electron chi connectivity index (χ4n) is 2.57. The zero-order chi connectivity index (χ0) is 18.0. The number of carbonyl (C=O) groups excluding carboxylic acids is 2. The van der Waals surface area contributed by atoms with Crippen molar-refractivity contribution in [1.29, 1.82) is 0 Å². The highest BCUT2D eigenvalue weighted by Crippen LogP contribution is 2.22. The van der Waals surface area contributed by atoms with Crippen LogP contribution in [0.15, 0.2) is 63.9 Å². The Hall–Kier alpha value is -3.61. The molecule has 2 aromatic carbocycles. The van der Waals surface area contributed by atoms with Gasteiger partial charge in [0.15, 0.2) is 5.69 Å². The van der Waals surface area contributed by atoms with Crippen LogP contribution in [0.5, 0.6) is 0 Å². The molecule has 0 spiro atoms. The number of benzene rings is 2. The van der Waals surface area contributed by atoms with Crippen LogP contribution in [0.2, 0.25) is 0 Å². The number of anilines is 1. The Kier molecular flexibility index (Phi) is 4.21. The summed E-state index contributed by atoms with van der Waals surface area (Å²) in [6.07, 6.45) is 0. The molecule has 0 saturated carbocycles. The number of nitrogens with two attached hydrogens (primary N) is 1. The molecule has 3 N–H and O–H groups in total. The summed E-state index contributed by atoms with van der Waals surface area (Å²) >= 11 is 0. The number of para-hydroxylation sites is 1. The molecule has 25 heavy (non-hydrogen) atoms. The molecule has 2 amide bonds. The second-order valence-electron chi connectivity index (χ2n) is 5.33. The lowest BCUT2D eigenvalue weighted by molar-refractivity contribution is 0.100. The smallest absolute Gasteiger partial charge is 0.366 e. The molecule has 7 nitrogen and oxygen atoms in total. The van der Waals surface area contributed by atoms with E-state index in [1.54, 1.807) is 48.5 Å². The van der Waals surface area contributed by atoms with Crippen molar-refractivity contribution < 1.29 is 14.1 Å². The third kappa shape index (κ3) is 3.07. The molecule has 3 aromatic rings. The van der Waals surface area contributed by atoms with Gasteiger partial charge in [0.1, 0.15) is 5.56 Å². The van der Waals surface area contributed by atoms with E-state index in [0.717, 1.165) is 4.74 Å². The predicted octanol–water partition coefficient (Wildman–Crippen LogP) is 2.00. The Bertz CT molecular complexity index is 1000. The van der Waals surface area contributed by atoms with Crippen LogP contribution >= 0.6 is 0 Å². The van der Waals surface area contributed by atoms with Crippen molar-refractivity contribution in [3.63, 3.8) is 0 Å². The Morgan fingerprint density at radius 1 is 1.04 bits per heavy atom. The van der Waals surface area contributed by atoms with Gasteiger partial charge in [-0.3, -0.25) is 9.59 Å². The highest BCUT2D eigenvalue weighted by atomic mass is 16.5. The molecule has 0 aliphatic rings. The van der Waals surface area contributed by atoms with Crippen molar-refractivity contribution >= 4 is 17.5 Å². The zero-order valence-corrected chi connectivity index (χ0v) is 13.4. The van der Waals surface area contributed by atoms with Crippen molar-refractivity contribution in [2.75, 3.05) is 5.32 Å². The maximum Gasteiger partial charge on any atom is 0.366 e. The van der Waals surface area contributed by atoms with Crippen molar-refractivity contribution in [2.45, 2.75) is 0 Å². The van der Waals surface area contributed by atoms with E-state index in [2.05, 4.69) is 5.32 Å². The summed E-state index contributed by atoms with van der Waals surface area (Å²) in [5, 5.41) is 2.61. The third-order valence-electron chi connectivity index (χ3n) is 3.69. The number of hydrogen-bond acceptors (Lipinski definition) is 4. The first kappa shape index (κ1) is 16.3. The molecular formula is C18H15N3O4. The lowest BCUT2D eigenvalue weighted by Gasteiger charge is -2.09. The van der Waals surface area contributed by atoms with E-state index < -0.39 is 17.4 Å². The first-order valence-corrected chi connectivity index (χ1v) is 7.45. The second-order valence-corrected chi connectivity index (χ2v) is 5.33. The summed E-state index contributed by atoms with van der Waals surface area (Å²) in [5.41, 5.74) is 5.89. The summed E-state index contributed by atoms with van der Waals surface area (Å²) in [7, 11) is 1.46. The molecule has 0 radical (unpaired) electrons. The van der Waals surface area contributed by atoms with Crippen LogP contribution in [-0.2, 0) is 7.05 Å². The minimum absolute atomic E-state index is 0.0514. The van der Waals surface area contributed by atoms with Crippen LogP contribution < -0.4 is 16.7 Å². The van der Waals surface area contributed by atoms with Crippen molar-refractivity contribution in [3.05, 3.63) is 76.3 Å². The Morgan fingerprint density at radius 2 is 1.68 bits per heavy atom. The minimum Gasteiger partial charge on any atom is -0.366 e. The van der Waals surface area contributed by atoms with Gasteiger partial charge in [-0.1, -0.05) is 42.5 Å². The van der Waals surface area contributed by atoms with E-state index >= 15 is 0 Å². The fourth-order valence-corrected chi connectivity index (χ4v) is 2.57. The van der Waals surface area contributed by atoms with E-state index in [1.807, 2.05) is 0 Å². The van der Waals surface area contributed by atoms with Crippen molar-refractivity contribution in [2.24, 2.45) is 12.8 Å². The first-order valence-electron chi connectivity index (χ1n) is 7.45. The van der Waals surface area contributed by atoms with Gasteiger partial charge < -0.3 is 15.6 Å². The molecule has 0 atom stereocenters. The summed E-state index contributed by atoms with van der Waals surface area (Å²) in [4.78, 5) is 36.4. The number of amides is 2. The van der Waals surface area contributed by atoms with Gasteiger partial charge in [0, 0.05) is 7.05 Å². The van der Waals surface area contributed by atoms with Crippen LogP contribution in [0.3, 0.4) is 0 Å². The van der Waals surface area contributed by atoms with Gasteiger partial charge in [-0.25, -0.2) is 9.53 Å². The highest BCUT2D eigenvalue weighted by Gasteiger charge is 2.24. The number of nitrogens with one attached hydrogen (secondary N) is 1. The van der Waals surface area contributed by atoms with Crippen LogP contribution in [0, 0.1) is 0 Å². The first-order chi connectivity index (χ1) is 12.0. The van der Waals surface area contributed by atoms with Crippen molar-refractivity contribution in [1.82, 2.24) is 4.74 Å². The Morgan fingerprint density at radius 3 is 2.36 bits per heavy atom. The number of carbonyl (C=O) groups is 2. The predicted molar refractivity (Wildman–Crippen MR) is 92.3 cm³/mol. The molecule has 0 saturated heterocycles. The van der Waals surface area contributed by atoms with Gasteiger partial charge in [-0.2, -0.15) is 0 Å². The van der Waals surface area contributed by atoms with E-state index in [9.17, 15) is 14.4 Å². The number of aromatic nitrogens is 1. The Labute approximate surface area is 142 Å². The van der Waals surface area contributed by atoms with Gasteiger partial charge in [-0.15, -0.1) is 0 Å². The lowest BCUT2D eigenvalue weighted by atomic mass is 10.1. The van der Waals surface area contributed by atoms with Gasteiger partial charge >= 0.3 is 5.63 Å². The summed E-state index contributed by atoms with van der Waals surface area (Å²) in [5.74, 6) is -1.25. The van der Waals surface area contributed by atoms with E-state index in [4.69, 9.17) is 10.3 Å². The van der Waals surface area contributed by atoms with E-state index in [1.165, 1.54) is 13.1 Å². The lowest BCUT2D eigenvalue weighted by Crippen LogP contribution is -2.20. The standard InChI is InChI=1S/C18H15N3O4/c1-21-15(14(18(24)25-21)11-7-3-2-4-8-11)17(23)20-13-10-6-5-9-12(13)16(19)22/h2-10H,1H3,(H2,19,22)(H,20,23). The zero-order valence-electron chi connectivity index (χ0n) is 13.4. The third-order valence-corrected chi connectivity index (χ3v) is 3.69. The molecule has 0 aliphatic carbocycles. The molecule has 7 heteroatoms. The highest BCUT2D eigenvalue weighted by molar-refractivity contribution is 6.10. The van der Waals surface area contributed by atoms with E-state index in [0.29, 0.717) is 5.56 Å². The van der Waals surface area contributed by atoms with Crippen LogP contribution in [-0.4, -0.2) is 16.6 Å². The van der Waals surface area contributed by atoms with Gasteiger partial charge in [0.25, 0.3) is 11.8 Å². The summed E-state index contributed by atoms with van der Waals surface area (Å²) < 4.78 is 6.15. The summed E-state index contributed by atoms with van der Waals surface area (Å²) in [6.45, 7) is 0. The van der Waals surface area contributed by atoms with E-state index in [-0.39, 0.29) is 22.5 Å². The number of primary amides is 1. The maximum absolute atomic E-state index is 12.7. The average Bonchev–Trinajstić information content (AvgIpc) is 2.90. The van der Waals surface area contributed by atoms with Gasteiger partial charge in [0.05, 0.1) is 11.3 Å². The minimum atomic E-state index is -0.666. The average molecular weight is 337 g/mol. The summed E-state index contributed by atoms with van der Waals surface area (Å²) in [6, 6.07) is 15.1. The Balaban J connectivity index is 2.05. The van der Waals surface area contributed by atoms with Crippen molar-refractivity contribution in [3.8, 4) is 11.1 Å². The molecule has 0 bridgehead atoms. The SMILES string of the molecule is Cn1oc(=O)c(-c2ccccc2)c1C(=O)Nc1ccccc1C(N)=O. The normalized spacial score (nSPS) is 10.4. The number of nitrogens with zero attached hydrogens (tertiary/aromatic N) is 1. The largest absolute Gasteiger partial charge is 0.366 e. The van der Waals surface area contributed by atoms with Crippen LogP contribution in [0.1, 0.15) is 20.8 Å². The van der Waals surface area contributed by atoms with Crippen LogP contribution in [0.25, 0.3) is 11.1 Å². The quantitative estimate of drug-likeness (QED) is 0.759. The van der Waals surface area contributed by atoms with Gasteiger partial charge in [-0.05, 0) is 17.7 Å². The molecule has 1 aromatic heterocycles. The molecule has 126 valence electrons. The fraction of sp³-hybridized carbons (Fsp3) is 0.0556. The number of hydrogen-bond donors (Lipinski definition) is 2. The molecule has 0 fully saturated rings.